The van der Waals surface area contributed by atoms with E-state index in [9.17, 15) is 9.46 Å². The van der Waals surface area contributed by atoms with E-state index in [1.165, 1.54) is 83.5 Å². The van der Waals surface area contributed by atoms with Gasteiger partial charge in [-0.25, -0.2) is 4.57 Å². The molecule has 0 aliphatic carbocycles. The van der Waals surface area contributed by atoms with E-state index in [0.29, 0.717) is 13.2 Å². The van der Waals surface area contributed by atoms with Gasteiger partial charge < -0.3 is 15.4 Å². The molecule has 186 valence electrons. The Labute approximate surface area is 191 Å². The van der Waals surface area contributed by atoms with Crippen LogP contribution in [-0.2, 0) is 18.3 Å². The van der Waals surface area contributed by atoms with Gasteiger partial charge in [-0.15, -0.1) is 0 Å². The molecule has 0 bridgehead atoms. The lowest BCUT2D eigenvalue weighted by molar-refractivity contribution is -0.371. The van der Waals surface area contributed by atoms with Gasteiger partial charge in [0.15, 0.2) is 0 Å². The topological polar surface area (TPSA) is 92.6 Å². The zero-order valence-corrected chi connectivity index (χ0v) is 21.3. The minimum absolute atomic E-state index is 0.0536. The van der Waals surface area contributed by atoms with Crippen LogP contribution >= 0.6 is 7.82 Å². The first kappa shape index (κ1) is 30.8. The second kappa shape index (κ2) is 22.9. The Hall–Kier alpha value is -0.230. The summed E-state index contributed by atoms with van der Waals surface area (Å²) in [6, 6.07) is 0. The first-order valence-electron chi connectivity index (χ1n) is 12.7. The predicted molar refractivity (Wildman–Crippen MR) is 129 cm³/mol. The summed E-state index contributed by atoms with van der Waals surface area (Å²) in [5.74, 6) is 0.0536. The molecule has 0 radical (unpaired) electrons. The number of rotatable bonds is 24. The van der Waals surface area contributed by atoms with Crippen LogP contribution < -0.4 is 5.73 Å². The number of hydrogen-bond acceptors (Lipinski definition) is 4. The Morgan fingerprint density at radius 1 is 0.806 bits per heavy atom. The van der Waals surface area contributed by atoms with E-state index in [-0.39, 0.29) is 19.1 Å². The Balaban J connectivity index is 3.32. The van der Waals surface area contributed by atoms with Crippen LogP contribution in [0.1, 0.15) is 104 Å². The maximum atomic E-state index is 11.6. The van der Waals surface area contributed by atoms with Crippen LogP contribution in [0.2, 0.25) is 0 Å². The van der Waals surface area contributed by atoms with Crippen molar-refractivity contribution >= 4 is 7.82 Å². The fourth-order valence-electron chi connectivity index (χ4n) is 3.22. The molecule has 1 unspecified atom stereocenters. The molecule has 0 aromatic carbocycles. The van der Waals surface area contributed by atoms with Crippen molar-refractivity contribution in [2.75, 3.05) is 33.0 Å². The highest BCUT2D eigenvalue weighted by molar-refractivity contribution is 7.47. The van der Waals surface area contributed by atoms with E-state index in [1.54, 1.807) is 0 Å². The van der Waals surface area contributed by atoms with E-state index in [4.69, 9.17) is 13.8 Å². The van der Waals surface area contributed by atoms with Gasteiger partial charge >= 0.3 is 7.82 Å². The van der Waals surface area contributed by atoms with E-state index >= 15 is 0 Å². The van der Waals surface area contributed by atoms with Gasteiger partial charge in [0.1, 0.15) is 6.61 Å². The first-order chi connectivity index (χ1) is 15.0. The van der Waals surface area contributed by atoms with Gasteiger partial charge in [-0.2, -0.15) is 0 Å². The minimum Gasteiger partial charge on any atom is -0.381 e. The normalized spacial score (nSPS) is 14.8. The highest BCUT2D eigenvalue weighted by Crippen LogP contribution is 2.43. The lowest BCUT2D eigenvalue weighted by Crippen LogP contribution is -2.52. The largest absolute Gasteiger partial charge is 0.472 e. The third-order valence-electron chi connectivity index (χ3n) is 5.12. The summed E-state index contributed by atoms with van der Waals surface area (Å²) in [4.78, 5) is 9.46. The molecule has 0 saturated heterocycles. The molecule has 0 aromatic rings. The van der Waals surface area contributed by atoms with Gasteiger partial charge in [0.25, 0.3) is 0 Å². The smallest absolute Gasteiger partial charge is 0.381 e. The summed E-state index contributed by atoms with van der Waals surface area (Å²) in [6.45, 7) is 6.17. The van der Waals surface area contributed by atoms with Crippen molar-refractivity contribution in [1.29, 1.82) is 0 Å². The lowest BCUT2D eigenvalue weighted by atomic mass is 10.1. The SMILES string of the molecule is CCCCCCCC/C=C\CCCCCCCCOC[C@@H](C)COP(=O)(O)OCC[NH3+]. The summed E-state index contributed by atoms with van der Waals surface area (Å²) < 4.78 is 26.9. The summed E-state index contributed by atoms with van der Waals surface area (Å²) >= 11 is 0. The number of quaternary nitrogens is 1. The molecule has 0 aliphatic rings. The molecule has 0 aromatic heterocycles. The first-order valence-corrected chi connectivity index (χ1v) is 14.1. The van der Waals surface area contributed by atoms with Crippen molar-refractivity contribution in [2.24, 2.45) is 5.92 Å². The van der Waals surface area contributed by atoms with Crippen LogP contribution in [-0.4, -0.2) is 37.9 Å². The Morgan fingerprint density at radius 3 is 1.94 bits per heavy atom. The van der Waals surface area contributed by atoms with E-state index in [1.807, 2.05) is 6.92 Å². The summed E-state index contributed by atoms with van der Waals surface area (Å²) in [6.07, 6.45) is 22.9. The molecule has 0 rings (SSSR count). The molecule has 0 spiro atoms. The second-order valence-corrected chi connectivity index (χ2v) is 10.0. The van der Waals surface area contributed by atoms with E-state index < -0.39 is 7.82 Å². The van der Waals surface area contributed by atoms with Gasteiger partial charge in [-0.1, -0.05) is 83.8 Å². The summed E-state index contributed by atoms with van der Waals surface area (Å²) in [5, 5.41) is 0. The molecule has 0 saturated carbocycles. The average molecular weight is 465 g/mol. The van der Waals surface area contributed by atoms with Crippen LogP contribution in [0, 0.1) is 5.92 Å². The molecule has 7 heteroatoms. The van der Waals surface area contributed by atoms with Crippen molar-refractivity contribution in [3.63, 3.8) is 0 Å². The van der Waals surface area contributed by atoms with Crippen LogP contribution in [0.4, 0.5) is 0 Å². The Morgan fingerprint density at radius 2 is 1.35 bits per heavy atom. The number of phosphoric acid groups is 1. The number of hydrogen-bond donors (Lipinski definition) is 2. The molecular formula is C24H51NO5P+. The Kier molecular flexibility index (Phi) is 22.8. The number of ether oxygens (including phenoxy) is 1. The number of allylic oxidation sites excluding steroid dienone is 2. The van der Waals surface area contributed by atoms with Crippen molar-refractivity contribution in [3.8, 4) is 0 Å². The van der Waals surface area contributed by atoms with E-state index in [0.717, 1.165) is 13.0 Å². The maximum Gasteiger partial charge on any atom is 0.472 e. The van der Waals surface area contributed by atoms with Gasteiger partial charge in [-0.3, -0.25) is 9.05 Å². The van der Waals surface area contributed by atoms with Crippen LogP contribution in [0.3, 0.4) is 0 Å². The molecule has 31 heavy (non-hydrogen) atoms. The molecule has 4 N–H and O–H groups in total. The molecule has 2 atom stereocenters. The van der Waals surface area contributed by atoms with Crippen LogP contribution in [0.15, 0.2) is 12.2 Å². The highest BCUT2D eigenvalue weighted by Gasteiger charge is 2.21. The van der Waals surface area contributed by atoms with Gasteiger partial charge in [0, 0.05) is 12.5 Å². The third kappa shape index (κ3) is 24.2. The van der Waals surface area contributed by atoms with Crippen molar-refractivity contribution < 1.29 is 29.0 Å². The molecule has 0 amide bonds. The summed E-state index contributed by atoms with van der Waals surface area (Å²) in [5.41, 5.74) is 3.56. The monoisotopic (exact) mass is 464 g/mol. The molecular weight excluding hydrogens is 413 g/mol. The van der Waals surface area contributed by atoms with Crippen molar-refractivity contribution in [3.05, 3.63) is 12.2 Å². The van der Waals surface area contributed by atoms with Crippen molar-refractivity contribution in [2.45, 2.75) is 104 Å². The highest BCUT2D eigenvalue weighted by atomic mass is 31.2. The van der Waals surface area contributed by atoms with Crippen LogP contribution in [0.5, 0.6) is 0 Å². The number of phosphoric ester groups is 1. The van der Waals surface area contributed by atoms with Crippen LogP contribution in [0.25, 0.3) is 0 Å². The second-order valence-electron chi connectivity index (χ2n) is 8.57. The van der Waals surface area contributed by atoms with Crippen molar-refractivity contribution in [1.82, 2.24) is 0 Å². The molecule has 0 fully saturated rings. The zero-order valence-electron chi connectivity index (χ0n) is 20.4. The molecule has 0 heterocycles. The molecule has 0 aliphatic heterocycles. The summed E-state index contributed by atoms with van der Waals surface area (Å²) in [7, 11) is -3.94. The Bertz CT molecular complexity index is 448. The fraction of sp³-hybridized carbons (Fsp3) is 0.917. The standard InChI is InChI=1S/C24H50NO5P/c1-3-4-5-6-7-8-9-10-11-12-13-14-15-16-17-18-20-28-22-24(2)23-30-31(26,27)29-21-19-25/h10-11,24H,3-9,12-23,25H2,1-2H3,(H,26,27)/p+1/b11-10-/t24-/m1/s1. The van der Waals surface area contributed by atoms with Gasteiger partial charge in [0.2, 0.25) is 0 Å². The minimum atomic E-state index is -3.94. The van der Waals surface area contributed by atoms with Gasteiger partial charge in [-0.05, 0) is 32.1 Å². The number of unbranched alkanes of at least 4 members (excludes halogenated alkanes) is 12. The zero-order chi connectivity index (χ0) is 23.0. The third-order valence-corrected chi connectivity index (χ3v) is 6.11. The molecule has 6 nitrogen and oxygen atoms in total. The quantitative estimate of drug-likeness (QED) is 0.103. The maximum absolute atomic E-state index is 11.6. The van der Waals surface area contributed by atoms with Gasteiger partial charge in [0.05, 0.1) is 19.8 Å². The predicted octanol–water partition coefficient (Wildman–Crippen LogP) is 6.05. The van der Waals surface area contributed by atoms with E-state index in [2.05, 4.69) is 24.8 Å². The fourth-order valence-corrected chi connectivity index (χ4v) is 4.10. The average Bonchev–Trinajstić information content (AvgIpc) is 2.75. The lowest BCUT2D eigenvalue weighted by Gasteiger charge is -2.15.